The molecule has 0 aromatic heterocycles. The molecular weight excluding hydrogens is 250 g/mol. The van der Waals surface area contributed by atoms with Crippen molar-refractivity contribution in [1.29, 1.82) is 0 Å². The van der Waals surface area contributed by atoms with Gasteiger partial charge < -0.3 is 10.5 Å². The van der Waals surface area contributed by atoms with E-state index in [9.17, 15) is 4.79 Å². The van der Waals surface area contributed by atoms with Crippen LogP contribution in [0.4, 0.5) is 0 Å². The molecule has 0 aliphatic heterocycles. The van der Waals surface area contributed by atoms with Crippen LogP contribution in [-0.4, -0.2) is 5.97 Å². The second kappa shape index (κ2) is 6.68. The largest absolute Gasteiger partial charge is 0.423 e. The number of para-hydroxylation sites is 1. The maximum atomic E-state index is 12.0. The molecule has 0 aliphatic carbocycles. The zero-order valence-electron chi connectivity index (χ0n) is 11.4. The molecule has 0 saturated carbocycles. The molecule has 20 heavy (non-hydrogen) atoms. The number of carbonyl (C=O) groups is 1. The van der Waals surface area contributed by atoms with E-state index in [1.54, 1.807) is 25.1 Å². The van der Waals surface area contributed by atoms with Crippen molar-refractivity contribution in [2.24, 2.45) is 5.73 Å². The highest BCUT2D eigenvalue weighted by atomic mass is 16.5. The van der Waals surface area contributed by atoms with E-state index < -0.39 is 0 Å². The predicted octanol–water partition coefficient (Wildman–Crippen LogP) is 3.15. The summed E-state index contributed by atoms with van der Waals surface area (Å²) >= 11 is 0. The standard InChI is InChI=1S/C17H17NO2/c1-13(10-14-6-5-7-15(11-14)12-18)17(19)20-16-8-3-2-4-9-16/h2-11H,12,18H2,1H3. The van der Waals surface area contributed by atoms with Gasteiger partial charge in [-0.2, -0.15) is 0 Å². The minimum Gasteiger partial charge on any atom is -0.423 e. The smallest absolute Gasteiger partial charge is 0.339 e. The van der Waals surface area contributed by atoms with E-state index in [-0.39, 0.29) is 5.97 Å². The summed E-state index contributed by atoms with van der Waals surface area (Å²) in [7, 11) is 0. The van der Waals surface area contributed by atoms with Gasteiger partial charge >= 0.3 is 5.97 Å². The molecule has 0 saturated heterocycles. The number of esters is 1. The van der Waals surface area contributed by atoms with Crippen LogP contribution in [0.3, 0.4) is 0 Å². The molecule has 2 N–H and O–H groups in total. The van der Waals surface area contributed by atoms with Gasteiger partial charge in [0.15, 0.2) is 0 Å². The Bertz CT molecular complexity index is 618. The van der Waals surface area contributed by atoms with Gasteiger partial charge in [-0.3, -0.25) is 0 Å². The summed E-state index contributed by atoms with van der Waals surface area (Å²) in [5, 5.41) is 0. The molecule has 0 heterocycles. The van der Waals surface area contributed by atoms with Crippen molar-refractivity contribution in [2.75, 3.05) is 0 Å². The summed E-state index contributed by atoms with van der Waals surface area (Å²) in [4.78, 5) is 12.0. The Morgan fingerprint density at radius 1 is 1.15 bits per heavy atom. The van der Waals surface area contributed by atoms with Crippen LogP contribution in [-0.2, 0) is 11.3 Å². The van der Waals surface area contributed by atoms with Crippen molar-refractivity contribution in [3.8, 4) is 5.75 Å². The Morgan fingerprint density at radius 2 is 1.90 bits per heavy atom. The molecule has 2 aromatic carbocycles. The third-order valence-electron chi connectivity index (χ3n) is 2.85. The normalized spacial score (nSPS) is 11.2. The summed E-state index contributed by atoms with van der Waals surface area (Å²) in [6.45, 7) is 2.22. The molecule has 2 aromatic rings. The zero-order chi connectivity index (χ0) is 14.4. The van der Waals surface area contributed by atoms with Gasteiger partial charge in [-0.05, 0) is 36.3 Å². The van der Waals surface area contributed by atoms with E-state index in [1.165, 1.54) is 0 Å². The van der Waals surface area contributed by atoms with Crippen molar-refractivity contribution in [3.63, 3.8) is 0 Å². The van der Waals surface area contributed by atoms with Crippen LogP contribution in [0.5, 0.6) is 5.75 Å². The minimum absolute atomic E-state index is 0.352. The number of benzene rings is 2. The fourth-order valence-electron chi connectivity index (χ4n) is 1.79. The zero-order valence-corrected chi connectivity index (χ0v) is 11.4. The van der Waals surface area contributed by atoms with Gasteiger partial charge in [0.1, 0.15) is 5.75 Å². The molecule has 3 heteroatoms. The summed E-state index contributed by atoms with van der Waals surface area (Å²) < 4.78 is 5.27. The first kappa shape index (κ1) is 14.0. The maximum absolute atomic E-state index is 12.0. The van der Waals surface area contributed by atoms with Crippen molar-refractivity contribution >= 4 is 12.0 Å². The fraction of sp³-hybridized carbons (Fsp3) is 0.118. The number of rotatable bonds is 4. The van der Waals surface area contributed by atoms with E-state index in [1.807, 2.05) is 42.5 Å². The van der Waals surface area contributed by atoms with Gasteiger partial charge in [0, 0.05) is 12.1 Å². The first-order chi connectivity index (χ1) is 9.69. The first-order valence-corrected chi connectivity index (χ1v) is 6.43. The Balaban J connectivity index is 2.11. The molecule has 0 atom stereocenters. The molecular formula is C17H17NO2. The molecule has 0 amide bonds. The molecule has 0 spiro atoms. The second-order valence-corrected chi connectivity index (χ2v) is 4.48. The summed E-state index contributed by atoms with van der Waals surface area (Å²) in [5.41, 5.74) is 8.11. The summed E-state index contributed by atoms with van der Waals surface area (Å²) in [5.74, 6) is 0.190. The van der Waals surface area contributed by atoms with Crippen molar-refractivity contribution in [3.05, 3.63) is 71.3 Å². The van der Waals surface area contributed by atoms with Gasteiger partial charge in [-0.15, -0.1) is 0 Å². The van der Waals surface area contributed by atoms with Crippen LogP contribution in [0, 0.1) is 0 Å². The quantitative estimate of drug-likeness (QED) is 0.526. The van der Waals surface area contributed by atoms with Gasteiger partial charge in [0.2, 0.25) is 0 Å². The van der Waals surface area contributed by atoms with Gasteiger partial charge in [0.05, 0.1) is 0 Å². The lowest BCUT2D eigenvalue weighted by Gasteiger charge is -2.05. The lowest BCUT2D eigenvalue weighted by molar-refractivity contribution is -0.130. The van der Waals surface area contributed by atoms with Crippen LogP contribution in [0.2, 0.25) is 0 Å². The van der Waals surface area contributed by atoms with Gasteiger partial charge in [-0.1, -0.05) is 42.5 Å². The van der Waals surface area contributed by atoms with E-state index in [0.29, 0.717) is 17.9 Å². The molecule has 0 unspecified atom stereocenters. The summed E-state index contributed by atoms with van der Waals surface area (Å²) in [6.07, 6.45) is 1.80. The van der Waals surface area contributed by atoms with Crippen LogP contribution in [0.1, 0.15) is 18.1 Å². The lowest BCUT2D eigenvalue weighted by Crippen LogP contribution is -2.08. The average Bonchev–Trinajstić information content (AvgIpc) is 2.48. The Kier molecular flexibility index (Phi) is 4.69. The van der Waals surface area contributed by atoms with Gasteiger partial charge in [-0.25, -0.2) is 4.79 Å². The maximum Gasteiger partial charge on any atom is 0.339 e. The highest BCUT2D eigenvalue weighted by molar-refractivity contribution is 5.94. The Labute approximate surface area is 118 Å². The van der Waals surface area contributed by atoms with E-state index in [0.717, 1.165) is 11.1 Å². The van der Waals surface area contributed by atoms with Crippen LogP contribution in [0.25, 0.3) is 6.08 Å². The number of ether oxygens (including phenoxy) is 1. The first-order valence-electron chi connectivity index (χ1n) is 6.43. The molecule has 0 fully saturated rings. The Hall–Kier alpha value is -2.39. The predicted molar refractivity (Wildman–Crippen MR) is 80.1 cm³/mol. The monoisotopic (exact) mass is 267 g/mol. The van der Waals surface area contributed by atoms with Gasteiger partial charge in [0.25, 0.3) is 0 Å². The third-order valence-corrected chi connectivity index (χ3v) is 2.85. The Morgan fingerprint density at radius 3 is 2.60 bits per heavy atom. The highest BCUT2D eigenvalue weighted by Gasteiger charge is 2.07. The van der Waals surface area contributed by atoms with Crippen molar-refractivity contribution in [1.82, 2.24) is 0 Å². The number of nitrogens with two attached hydrogens (primary N) is 1. The number of hydrogen-bond donors (Lipinski definition) is 1. The van der Waals surface area contributed by atoms with Crippen LogP contribution < -0.4 is 10.5 Å². The van der Waals surface area contributed by atoms with Crippen LogP contribution in [0.15, 0.2) is 60.2 Å². The average molecular weight is 267 g/mol. The highest BCUT2D eigenvalue weighted by Crippen LogP contribution is 2.14. The topological polar surface area (TPSA) is 52.3 Å². The van der Waals surface area contributed by atoms with Crippen molar-refractivity contribution < 1.29 is 9.53 Å². The van der Waals surface area contributed by atoms with E-state index in [4.69, 9.17) is 10.5 Å². The van der Waals surface area contributed by atoms with Crippen LogP contribution >= 0.6 is 0 Å². The molecule has 2 rings (SSSR count). The number of hydrogen-bond acceptors (Lipinski definition) is 3. The van der Waals surface area contributed by atoms with E-state index >= 15 is 0 Å². The third kappa shape index (κ3) is 3.80. The SMILES string of the molecule is CC(=Cc1cccc(CN)c1)C(=O)Oc1ccccc1. The van der Waals surface area contributed by atoms with E-state index in [2.05, 4.69) is 0 Å². The summed E-state index contributed by atoms with van der Waals surface area (Å²) in [6, 6.07) is 16.8. The fourth-order valence-corrected chi connectivity index (χ4v) is 1.79. The molecule has 102 valence electrons. The second-order valence-electron chi connectivity index (χ2n) is 4.48. The molecule has 3 nitrogen and oxygen atoms in total. The molecule has 0 radical (unpaired) electrons. The molecule has 0 aliphatic rings. The lowest BCUT2D eigenvalue weighted by atomic mass is 10.1. The number of carbonyl (C=O) groups excluding carboxylic acids is 1. The van der Waals surface area contributed by atoms with Crippen molar-refractivity contribution in [2.45, 2.75) is 13.5 Å². The molecule has 0 bridgehead atoms. The minimum atomic E-state index is -0.352.